The second kappa shape index (κ2) is 7.98. The minimum absolute atomic E-state index is 0.181. The summed E-state index contributed by atoms with van der Waals surface area (Å²) in [6.45, 7) is 17.4. The monoisotopic (exact) mass is 300 g/mol. The van der Waals surface area contributed by atoms with Crippen LogP contribution < -0.4 is 0 Å². The summed E-state index contributed by atoms with van der Waals surface area (Å²) in [5.74, 6) is -0.227. The Morgan fingerprint density at radius 2 is 1.80 bits per heavy atom. The fraction of sp³-hybridized carbons (Fsp3) is 0.812. The lowest BCUT2D eigenvalue weighted by Crippen LogP contribution is -2.43. The molecule has 0 saturated heterocycles. The van der Waals surface area contributed by atoms with Gasteiger partial charge in [0.2, 0.25) is 0 Å². The molecule has 0 rings (SSSR count). The molecule has 0 fully saturated rings. The molecule has 0 aliphatic carbocycles. The molecule has 0 saturated carbocycles. The highest BCUT2D eigenvalue weighted by Crippen LogP contribution is 2.38. The average molecular weight is 301 g/mol. The van der Waals surface area contributed by atoms with E-state index in [1.54, 1.807) is 6.92 Å². The van der Waals surface area contributed by atoms with Crippen molar-refractivity contribution in [3.05, 3.63) is 11.6 Å². The van der Waals surface area contributed by atoms with Gasteiger partial charge >= 0.3 is 5.97 Å². The first-order valence-corrected chi connectivity index (χ1v) is 10.5. The van der Waals surface area contributed by atoms with E-state index in [1.165, 1.54) is 0 Å². The number of esters is 1. The highest BCUT2D eigenvalue weighted by molar-refractivity contribution is 6.74. The topological polar surface area (TPSA) is 35.5 Å². The SMILES string of the molecule is CCOC(=O)/C(C)=C/C[C@@H](CC)O[Si](C)(C)C(C)(C)C. The van der Waals surface area contributed by atoms with Gasteiger partial charge in [-0.25, -0.2) is 4.79 Å². The minimum Gasteiger partial charge on any atom is -0.463 e. The first-order valence-electron chi connectivity index (χ1n) is 7.56. The van der Waals surface area contributed by atoms with Crippen molar-refractivity contribution in [1.29, 1.82) is 0 Å². The maximum Gasteiger partial charge on any atom is 0.333 e. The van der Waals surface area contributed by atoms with Gasteiger partial charge in [0.25, 0.3) is 0 Å². The lowest BCUT2D eigenvalue weighted by Gasteiger charge is -2.39. The van der Waals surface area contributed by atoms with Crippen molar-refractivity contribution < 1.29 is 14.0 Å². The number of carbonyl (C=O) groups is 1. The molecule has 20 heavy (non-hydrogen) atoms. The van der Waals surface area contributed by atoms with Crippen LogP contribution in [-0.2, 0) is 14.0 Å². The van der Waals surface area contributed by atoms with Crippen molar-refractivity contribution in [3.63, 3.8) is 0 Å². The number of ether oxygens (including phenoxy) is 1. The van der Waals surface area contributed by atoms with Crippen LogP contribution in [0.25, 0.3) is 0 Å². The van der Waals surface area contributed by atoms with Crippen molar-refractivity contribution in [2.75, 3.05) is 6.61 Å². The summed E-state index contributed by atoms with van der Waals surface area (Å²) in [5.41, 5.74) is 0.670. The third-order valence-electron chi connectivity index (χ3n) is 4.01. The molecule has 118 valence electrons. The van der Waals surface area contributed by atoms with Crippen LogP contribution in [-0.4, -0.2) is 27.0 Å². The fourth-order valence-corrected chi connectivity index (χ4v) is 2.98. The van der Waals surface area contributed by atoms with Crippen molar-refractivity contribution in [2.24, 2.45) is 0 Å². The zero-order valence-corrected chi connectivity index (χ0v) is 15.5. The predicted molar refractivity (Wildman–Crippen MR) is 87.4 cm³/mol. The van der Waals surface area contributed by atoms with Crippen molar-refractivity contribution in [1.82, 2.24) is 0 Å². The summed E-state index contributed by atoms with van der Waals surface area (Å²) in [6, 6.07) is 0. The Labute approximate surface area is 125 Å². The van der Waals surface area contributed by atoms with E-state index in [9.17, 15) is 4.79 Å². The van der Waals surface area contributed by atoms with Crippen molar-refractivity contribution >= 4 is 14.3 Å². The zero-order chi connectivity index (χ0) is 16.0. The molecule has 0 aliphatic rings. The van der Waals surface area contributed by atoms with E-state index in [2.05, 4.69) is 40.8 Å². The van der Waals surface area contributed by atoms with E-state index in [4.69, 9.17) is 9.16 Å². The molecular weight excluding hydrogens is 268 g/mol. The quantitative estimate of drug-likeness (QED) is 0.389. The van der Waals surface area contributed by atoms with E-state index in [0.717, 1.165) is 12.8 Å². The molecule has 4 heteroatoms. The molecule has 0 radical (unpaired) electrons. The van der Waals surface area contributed by atoms with E-state index in [-0.39, 0.29) is 17.1 Å². The van der Waals surface area contributed by atoms with Crippen LogP contribution in [0.1, 0.15) is 54.4 Å². The summed E-state index contributed by atoms with van der Waals surface area (Å²) < 4.78 is 11.4. The maximum atomic E-state index is 11.6. The van der Waals surface area contributed by atoms with Crippen LogP contribution in [0.4, 0.5) is 0 Å². The van der Waals surface area contributed by atoms with Crippen LogP contribution in [0.15, 0.2) is 11.6 Å². The third kappa shape index (κ3) is 6.22. The first kappa shape index (κ1) is 19.4. The summed E-state index contributed by atoms with van der Waals surface area (Å²) >= 11 is 0. The predicted octanol–water partition coefficient (Wildman–Crippen LogP) is 4.69. The van der Waals surface area contributed by atoms with E-state index < -0.39 is 8.32 Å². The van der Waals surface area contributed by atoms with E-state index in [1.807, 2.05) is 13.0 Å². The molecule has 0 aromatic carbocycles. The van der Waals surface area contributed by atoms with Crippen LogP contribution in [0.5, 0.6) is 0 Å². The normalized spacial score (nSPS) is 15.1. The second-order valence-corrected chi connectivity index (χ2v) is 11.5. The number of hydrogen-bond acceptors (Lipinski definition) is 3. The zero-order valence-electron chi connectivity index (χ0n) is 14.5. The average Bonchev–Trinajstić information content (AvgIpc) is 2.32. The van der Waals surface area contributed by atoms with Gasteiger partial charge in [0.1, 0.15) is 0 Å². The lowest BCUT2D eigenvalue weighted by atomic mass is 10.1. The molecule has 0 heterocycles. The van der Waals surface area contributed by atoms with Gasteiger partial charge in [0.05, 0.1) is 6.61 Å². The molecule has 0 amide bonds. The summed E-state index contributed by atoms with van der Waals surface area (Å²) in [6.07, 6.45) is 3.85. The molecule has 0 aliphatic heterocycles. The van der Waals surface area contributed by atoms with Gasteiger partial charge in [0, 0.05) is 11.7 Å². The Hall–Kier alpha value is -0.613. The summed E-state index contributed by atoms with van der Waals surface area (Å²) in [5, 5.41) is 0.209. The molecule has 1 atom stereocenters. The first-order chi connectivity index (χ1) is 9.05. The van der Waals surface area contributed by atoms with Gasteiger partial charge in [-0.15, -0.1) is 0 Å². The molecule has 3 nitrogen and oxygen atoms in total. The van der Waals surface area contributed by atoms with Gasteiger partial charge < -0.3 is 9.16 Å². The molecule has 0 unspecified atom stereocenters. The molecule has 0 bridgehead atoms. The Kier molecular flexibility index (Phi) is 7.74. The molecule has 0 N–H and O–H groups in total. The number of carbonyl (C=O) groups excluding carboxylic acids is 1. The highest BCUT2D eigenvalue weighted by Gasteiger charge is 2.38. The van der Waals surface area contributed by atoms with Gasteiger partial charge in [0.15, 0.2) is 8.32 Å². The largest absolute Gasteiger partial charge is 0.463 e. The third-order valence-corrected chi connectivity index (χ3v) is 8.54. The van der Waals surface area contributed by atoms with Gasteiger partial charge in [-0.1, -0.05) is 33.8 Å². The summed E-state index contributed by atoms with van der Waals surface area (Å²) in [4.78, 5) is 11.6. The van der Waals surface area contributed by atoms with Crippen LogP contribution in [0, 0.1) is 0 Å². The molecule has 0 aromatic rings. The van der Waals surface area contributed by atoms with Crippen LogP contribution >= 0.6 is 0 Å². The number of hydrogen-bond donors (Lipinski definition) is 0. The maximum absolute atomic E-state index is 11.6. The smallest absolute Gasteiger partial charge is 0.333 e. The van der Waals surface area contributed by atoms with Crippen molar-refractivity contribution in [2.45, 2.75) is 78.6 Å². The highest BCUT2D eigenvalue weighted by atomic mass is 28.4. The molecule has 0 aromatic heterocycles. The standard InChI is InChI=1S/C16H32O3Si/c1-9-14(19-20(7,8)16(4,5)6)12-11-13(3)15(17)18-10-2/h11,14H,9-10,12H2,1-8H3/b13-11+/t14-/m1/s1. The minimum atomic E-state index is -1.75. The van der Waals surface area contributed by atoms with Crippen LogP contribution in [0.2, 0.25) is 18.1 Å². The fourth-order valence-electron chi connectivity index (χ4n) is 1.53. The Morgan fingerprint density at radius 1 is 1.25 bits per heavy atom. The summed E-state index contributed by atoms with van der Waals surface area (Å²) in [7, 11) is -1.75. The number of rotatable bonds is 7. The molecule has 0 spiro atoms. The molecular formula is C16H32O3Si. The van der Waals surface area contributed by atoms with Crippen molar-refractivity contribution in [3.8, 4) is 0 Å². The Bertz CT molecular complexity index is 340. The Morgan fingerprint density at radius 3 is 2.20 bits per heavy atom. The van der Waals surface area contributed by atoms with E-state index >= 15 is 0 Å². The Balaban J connectivity index is 4.65. The van der Waals surface area contributed by atoms with Gasteiger partial charge in [-0.05, 0) is 44.8 Å². The van der Waals surface area contributed by atoms with Crippen LogP contribution in [0.3, 0.4) is 0 Å². The van der Waals surface area contributed by atoms with Gasteiger partial charge in [-0.3, -0.25) is 0 Å². The van der Waals surface area contributed by atoms with E-state index in [0.29, 0.717) is 12.2 Å². The van der Waals surface area contributed by atoms with Gasteiger partial charge in [-0.2, -0.15) is 0 Å². The lowest BCUT2D eigenvalue weighted by molar-refractivity contribution is -0.138. The second-order valence-electron chi connectivity index (χ2n) is 6.75.